The maximum Gasteiger partial charge on any atom is 0.416 e. The second kappa shape index (κ2) is 10.7. The first-order valence-corrected chi connectivity index (χ1v) is 10.7. The molecule has 0 spiro atoms. The molecule has 0 heterocycles. The average Bonchev–Trinajstić information content (AvgIpc) is 2.72. The molecule has 1 unspecified atom stereocenters. The summed E-state index contributed by atoms with van der Waals surface area (Å²) in [6.45, 7) is 2.94. The highest BCUT2D eigenvalue weighted by Crippen LogP contribution is 2.29. The zero-order valence-electron chi connectivity index (χ0n) is 17.7. The normalized spacial score (nSPS) is 13.2. The van der Waals surface area contributed by atoms with Crippen LogP contribution < -0.4 is 10.6 Å². The van der Waals surface area contributed by atoms with Crippen molar-refractivity contribution in [3.63, 3.8) is 0 Å². The van der Waals surface area contributed by atoms with Crippen LogP contribution in [0.15, 0.2) is 48.2 Å². The number of carbonyl (C=O) groups is 3. The predicted octanol–water partition coefficient (Wildman–Crippen LogP) is 5.06. The Balaban J connectivity index is 2.41. The molecule has 0 bridgehead atoms. The van der Waals surface area contributed by atoms with E-state index in [4.69, 9.17) is 23.2 Å². The number of benzene rings is 2. The van der Waals surface area contributed by atoms with E-state index >= 15 is 0 Å². The van der Waals surface area contributed by atoms with E-state index in [2.05, 4.69) is 23.3 Å². The Hall–Kier alpha value is -2.69. The Labute approximate surface area is 208 Å². The number of carboxylic acids is 1. The van der Waals surface area contributed by atoms with Crippen LogP contribution in [-0.2, 0) is 15.8 Å². The zero-order valence-corrected chi connectivity index (χ0v) is 20.1. The minimum atomic E-state index is -4.58. The smallest absolute Gasteiger partial charge is 0.416 e. The largest absolute Gasteiger partial charge is 0.480 e. The molecule has 0 radical (unpaired) electrons. The van der Waals surface area contributed by atoms with Crippen LogP contribution in [0.4, 0.5) is 13.2 Å². The van der Waals surface area contributed by atoms with Gasteiger partial charge in [0, 0.05) is 10.3 Å². The molecular weight excluding hydrogens is 516 g/mol. The summed E-state index contributed by atoms with van der Waals surface area (Å²) in [4.78, 5) is 37.2. The van der Waals surface area contributed by atoms with Gasteiger partial charge in [0.05, 0.1) is 15.6 Å². The molecule has 0 aliphatic carbocycles. The standard InChI is InChI=1S/C22H19Cl2F3N2O4S/c1-21(2,34)17(20(32)33)29-19(31)16(10-11-3-8-14(23)15(24)9-11)28-18(30)12-4-6-13(7-5-12)22(25,26)27/h3-10,17,34H,1-2H3,(H,28,30)(H,29,31)(H,32,33). The molecule has 0 aromatic heterocycles. The van der Waals surface area contributed by atoms with Gasteiger partial charge in [-0.2, -0.15) is 25.8 Å². The van der Waals surface area contributed by atoms with Crippen molar-refractivity contribution < 1.29 is 32.7 Å². The van der Waals surface area contributed by atoms with Gasteiger partial charge >= 0.3 is 12.1 Å². The van der Waals surface area contributed by atoms with E-state index in [1.807, 2.05) is 0 Å². The molecule has 0 fully saturated rings. The van der Waals surface area contributed by atoms with Crippen LogP contribution in [0, 0.1) is 0 Å². The van der Waals surface area contributed by atoms with Crippen LogP contribution >= 0.6 is 35.8 Å². The van der Waals surface area contributed by atoms with Gasteiger partial charge in [0.25, 0.3) is 11.8 Å². The molecule has 0 aliphatic heterocycles. The summed E-state index contributed by atoms with van der Waals surface area (Å²) >= 11 is 16.1. The van der Waals surface area contributed by atoms with E-state index in [1.54, 1.807) is 0 Å². The molecule has 2 rings (SSSR count). The lowest BCUT2D eigenvalue weighted by Crippen LogP contribution is -2.53. The Morgan fingerprint density at radius 1 is 1.03 bits per heavy atom. The number of rotatable bonds is 7. The zero-order chi connectivity index (χ0) is 25.8. The van der Waals surface area contributed by atoms with E-state index in [9.17, 15) is 32.7 Å². The summed E-state index contributed by atoms with van der Waals surface area (Å²) in [5.74, 6) is -3.23. The molecule has 34 heavy (non-hydrogen) atoms. The van der Waals surface area contributed by atoms with Gasteiger partial charge in [-0.05, 0) is 61.9 Å². The number of alkyl halides is 3. The maximum absolute atomic E-state index is 12.9. The van der Waals surface area contributed by atoms with Crippen molar-refractivity contribution in [2.24, 2.45) is 0 Å². The van der Waals surface area contributed by atoms with E-state index in [-0.39, 0.29) is 21.3 Å². The number of nitrogens with one attached hydrogen (secondary N) is 2. The minimum Gasteiger partial charge on any atom is -0.480 e. The van der Waals surface area contributed by atoms with Gasteiger partial charge in [0.2, 0.25) is 0 Å². The van der Waals surface area contributed by atoms with Crippen molar-refractivity contribution in [2.45, 2.75) is 30.8 Å². The number of thiol groups is 1. The molecular formula is C22H19Cl2F3N2O4S. The van der Waals surface area contributed by atoms with Crippen molar-refractivity contribution in [3.8, 4) is 0 Å². The van der Waals surface area contributed by atoms with Crippen molar-refractivity contribution in [3.05, 3.63) is 74.9 Å². The second-order valence-corrected chi connectivity index (χ2v) is 9.63. The number of hydrogen-bond acceptors (Lipinski definition) is 4. The molecule has 1 atom stereocenters. The Bertz CT molecular complexity index is 1130. The highest BCUT2D eigenvalue weighted by atomic mass is 35.5. The first kappa shape index (κ1) is 27.6. The average molecular weight is 535 g/mol. The van der Waals surface area contributed by atoms with Gasteiger partial charge in [0.15, 0.2) is 0 Å². The van der Waals surface area contributed by atoms with Crippen molar-refractivity contribution in [2.75, 3.05) is 0 Å². The topological polar surface area (TPSA) is 95.5 Å². The summed E-state index contributed by atoms with van der Waals surface area (Å²) < 4.78 is 37.2. The highest BCUT2D eigenvalue weighted by molar-refractivity contribution is 7.81. The van der Waals surface area contributed by atoms with Crippen LogP contribution in [-0.4, -0.2) is 33.7 Å². The third-order valence-electron chi connectivity index (χ3n) is 4.45. The number of halogens is 5. The Morgan fingerprint density at radius 2 is 1.62 bits per heavy atom. The quantitative estimate of drug-likeness (QED) is 0.295. The molecule has 2 amide bonds. The second-order valence-electron chi connectivity index (χ2n) is 7.66. The SMILES string of the molecule is CC(C)(S)C(NC(=O)C(=Cc1ccc(Cl)c(Cl)c1)NC(=O)c1ccc(C(F)(F)F)cc1)C(=O)O. The molecule has 6 nitrogen and oxygen atoms in total. The molecule has 182 valence electrons. The molecule has 0 saturated carbocycles. The monoisotopic (exact) mass is 534 g/mol. The summed E-state index contributed by atoms with van der Waals surface area (Å²) in [6, 6.07) is 6.24. The molecule has 3 N–H and O–H groups in total. The van der Waals surface area contributed by atoms with Crippen molar-refractivity contribution in [1.29, 1.82) is 0 Å². The predicted molar refractivity (Wildman–Crippen MR) is 126 cm³/mol. The Morgan fingerprint density at radius 3 is 2.09 bits per heavy atom. The lowest BCUT2D eigenvalue weighted by atomic mass is 10.0. The molecule has 2 aromatic carbocycles. The van der Waals surface area contributed by atoms with E-state index in [0.29, 0.717) is 5.56 Å². The van der Waals surface area contributed by atoms with Gasteiger partial charge in [-0.3, -0.25) is 9.59 Å². The lowest BCUT2D eigenvalue weighted by molar-refractivity contribution is -0.142. The van der Waals surface area contributed by atoms with Crippen LogP contribution in [0.5, 0.6) is 0 Å². The number of amides is 2. The van der Waals surface area contributed by atoms with Gasteiger partial charge in [0.1, 0.15) is 11.7 Å². The lowest BCUT2D eigenvalue weighted by Gasteiger charge is -2.27. The fourth-order valence-corrected chi connectivity index (χ4v) is 3.16. The first-order chi connectivity index (χ1) is 15.6. The molecule has 0 aliphatic rings. The van der Waals surface area contributed by atoms with Crippen LogP contribution in [0.1, 0.15) is 35.3 Å². The number of hydrogen-bond donors (Lipinski definition) is 4. The van der Waals surface area contributed by atoms with Gasteiger partial charge in [-0.1, -0.05) is 29.3 Å². The fraction of sp³-hybridized carbons (Fsp3) is 0.227. The Kier molecular flexibility index (Phi) is 8.68. The van der Waals surface area contributed by atoms with E-state index in [0.717, 1.165) is 24.3 Å². The van der Waals surface area contributed by atoms with Crippen LogP contribution in [0.3, 0.4) is 0 Å². The van der Waals surface area contributed by atoms with Gasteiger partial charge in [-0.25, -0.2) is 4.79 Å². The summed E-state index contributed by atoms with van der Waals surface area (Å²) in [5, 5.41) is 14.4. The molecule has 12 heteroatoms. The van der Waals surface area contributed by atoms with Gasteiger partial charge in [-0.15, -0.1) is 0 Å². The fourth-order valence-electron chi connectivity index (χ4n) is 2.68. The molecule has 2 aromatic rings. The highest BCUT2D eigenvalue weighted by Gasteiger charge is 2.34. The van der Waals surface area contributed by atoms with Crippen molar-refractivity contribution in [1.82, 2.24) is 10.6 Å². The first-order valence-electron chi connectivity index (χ1n) is 9.51. The van der Waals surface area contributed by atoms with E-state index in [1.165, 1.54) is 38.1 Å². The summed E-state index contributed by atoms with van der Waals surface area (Å²) in [5.41, 5.74) is -1.16. The number of carboxylic acid groups (broad SMARTS) is 1. The number of carbonyl (C=O) groups excluding carboxylic acids is 2. The van der Waals surface area contributed by atoms with Crippen LogP contribution in [0.2, 0.25) is 10.0 Å². The third-order valence-corrected chi connectivity index (χ3v) is 5.45. The molecule has 0 saturated heterocycles. The van der Waals surface area contributed by atoms with E-state index < -0.39 is 40.3 Å². The van der Waals surface area contributed by atoms with Crippen LogP contribution in [0.25, 0.3) is 6.08 Å². The van der Waals surface area contributed by atoms with Gasteiger partial charge < -0.3 is 15.7 Å². The third kappa shape index (κ3) is 7.41. The maximum atomic E-state index is 12.9. The summed E-state index contributed by atoms with van der Waals surface area (Å²) in [7, 11) is 0. The van der Waals surface area contributed by atoms with Crippen molar-refractivity contribution >= 4 is 59.7 Å². The summed E-state index contributed by atoms with van der Waals surface area (Å²) in [6.07, 6.45) is -3.37. The minimum absolute atomic E-state index is 0.157. The number of aliphatic carboxylic acids is 1.